The number of carboxylic acids is 1. The third-order valence-corrected chi connectivity index (χ3v) is 5.11. The van der Waals surface area contributed by atoms with E-state index in [2.05, 4.69) is 4.72 Å². The Morgan fingerprint density at radius 1 is 1.29 bits per heavy atom. The van der Waals surface area contributed by atoms with Gasteiger partial charge >= 0.3 is 5.97 Å². The highest BCUT2D eigenvalue weighted by atomic mass is 32.2. The zero-order valence-corrected chi connectivity index (χ0v) is 12.1. The van der Waals surface area contributed by atoms with Crippen molar-refractivity contribution in [3.63, 3.8) is 0 Å². The third kappa shape index (κ3) is 3.52. The van der Waals surface area contributed by atoms with Crippen LogP contribution in [-0.2, 0) is 10.0 Å². The van der Waals surface area contributed by atoms with Crippen LogP contribution < -0.4 is 10.5 Å². The maximum Gasteiger partial charge on any atom is 0.337 e. The van der Waals surface area contributed by atoms with Crippen LogP contribution in [0.3, 0.4) is 0 Å². The zero-order valence-electron chi connectivity index (χ0n) is 11.3. The number of sulfonamides is 1. The lowest BCUT2D eigenvalue weighted by Crippen LogP contribution is -2.45. The number of nitrogen functional groups attached to an aromatic ring is 1. The number of aliphatic hydroxyl groups excluding tert-OH is 1. The maximum atomic E-state index is 12.4. The smallest absolute Gasteiger partial charge is 0.337 e. The molecule has 1 aromatic carbocycles. The number of carbonyl (C=O) groups is 1. The fraction of sp³-hybridized carbons (Fsp3) is 0.462. The van der Waals surface area contributed by atoms with E-state index in [1.807, 2.05) is 0 Å². The van der Waals surface area contributed by atoms with Crippen LogP contribution in [0.1, 0.15) is 36.0 Å². The molecule has 8 heteroatoms. The lowest BCUT2D eigenvalue weighted by atomic mass is 9.93. The number of hydrogen-bond acceptors (Lipinski definition) is 5. The molecule has 5 N–H and O–H groups in total. The first-order valence-electron chi connectivity index (χ1n) is 6.64. The lowest BCUT2D eigenvalue weighted by Gasteiger charge is -2.28. The molecule has 0 spiro atoms. The lowest BCUT2D eigenvalue weighted by molar-refractivity contribution is 0.0692. The Kier molecular flexibility index (Phi) is 4.50. The molecule has 7 nitrogen and oxygen atoms in total. The van der Waals surface area contributed by atoms with Crippen LogP contribution in [0.15, 0.2) is 23.1 Å². The van der Waals surface area contributed by atoms with Crippen molar-refractivity contribution in [3.8, 4) is 0 Å². The summed E-state index contributed by atoms with van der Waals surface area (Å²) in [5.41, 5.74) is 5.29. The Hall–Kier alpha value is -1.64. The summed E-state index contributed by atoms with van der Waals surface area (Å²) in [6.07, 6.45) is 1.97. The number of carboxylic acid groups (broad SMARTS) is 1. The summed E-state index contributed by atoms with van der Waals surface area (Å²) < 4.78 is 27.1. The van der Waals surface area contributed by atoms with Crippen LogP contribution >= 0.6 is 0 Å². The monoisotopic (exact) mass is 314 g/mol. The predicted octanol–water partition coefficient (Wildman–Crippen LogP) is 0.549. The quantitative estimate of drug-likeness (QED) is 0.600. The van der Waals surface area contributed by atoms with Crippen LogP contribution in [0.5, 0.6) is 0 Å². The second kappa shape index (κ2) is 6.00. The standard InChI is InChI=1S/C13H18N2O5S/c14-8-5-6-12(9(7-8)13(17)18)21(19,20)15-10-3-1-2-4-11(10)16/h5-7,10-11,15-16H,1-4,14H2,(H,17,18)/t10-,11-/m0/s1. The van der Waals surface area contributed by atoms with Crippen molar-refractivity contribution in [1.29, 1.82) is 0 Å². The first kappa shape index (κ1) is 15.7. The molecule has 1 aromatic rings. The molecule has 0 aliphatic heterocycles. The van der Waals surface area contributed by atoms with Gasteiger partial charge in [-0.2, -0.15) is 0 Å². The van der Waals surface area contributed by atoms with Gasteiger partial charge in [0.25, 0.3) is 0 Å². The molecule has 0 bridgehead atoms. The zero-order chi connectivity index (χ0) is 15.6. The van der Waals surface area contributed by atoms with Gasteiger partial charge in [0.2, 0.25) is 10.0 Å². The van der Waals surface area contributed by atoms with E-state index < -0.39 is 28.1 Å². The van der Waals surface area contributed by atoms with E-state index in [0.717, 1.165) is 25.0 Å². The number of nitrogens with one attached hydrogen (secondary N) is 1. The molecule has 0 unspecified atom stereocenters. The minimum atomic E-state index is -4.03. The number of hydrogen-bond donors (Lipinski definition) is 4. The number of aromatic carboxylic acids is 1. The molecule has 2 atom stereocenters. The Labute approximate surface area is 122 Å². The highest BCUT2D eigenvalue weighted by molar-refractivity contribution is 7.89. The third-order valence-electron chi connectivity index (χ3n) is 3.56. The molecule has 0 heterocycles. The normalized spacial score (nSPS) is 22.9. The molecular weight excluding hydrogens is 296 g/mol. The van der Waals surface area contributed by atoms with Gasteiger partial charge in [0.15, 0.2) is 0 Å². The maximum absolute atomic E-state index is 12.4. The first-order chi connectivity index (χ1) is 9.81. The van der Waals surface area contributed by atoms with Crippen LogP contribution in [0, 0.1) is 0 Å². The van der Waals surface area contributed by atoms with E-state index >= 15 is 0 Å². The summed E-state index contributed by atoms with van der Waals surface area (Å²) in [5.74, 6) is -1.37. The topological polar surface area (TPSA) is 130 Å². The molecule has 1 aliphatic rings. The summed E-state index contributed by atoms with van der Waals surface area (Å²) in [6.45, 7) is 0. The van der Waals surface area contributed by atoms with Crippen molar-refractivity contribution in [3.05, 3.63) is 23.8 Å². The van der Waals surface area contributed by atoms with Crippen LogP contribution in [0.2, 0.25) is 0 Å². The SMILES string of the molecule is Nc1ccc(S(=O)(=O)N[C@H]2CCCC[C@@H]2O)c(C(=O)O)c1. The van der Waals surface area contributed by atoms with Gasteiger partial charge in [-0.05, 0) is 31.0 Å². The molecule has 1 fully saturated rings. The number of rotatable bonds is 4. The number of benzene rings is 1. The second-order valence-electron chi connectivity index (χ2n) is 5.14. The highest BCUT2D eigenvalue weighted by Crippen LogP contribution is 2.23. The molecule has 0 aromatic heterocycles. The Morgan fingerprint density at radius 2 is 1.95 bits per heavy atom. The molecule has 21 heavy (non-hydrogen) atoms. The molecule has 0 radical (unpaired) electrons. The fourth-order valence-electron chi connectivity index (χ4n) is 2.46. The largest absolute Gasteiger partial charge is 0.478 e. The molecule has 2 rings (SSSR count). The highest BCUT2D eigenvalue weighted by Gasteiger charge is 2.30. The number of anilines is 1. The van der Waals surface area contributed by atoms with E-state index in [1.165, 1.54) is 6.07 Å². The van der Waals surface area contributed by atoms with Gasteiger partial charge in [-0.1, -0.05) is 12.8 Å². The van der Waals surface area contributed by atoms with Crippen LogP contribution in [0.4, 0.5) is 5.69 Å². The second-order valence-corrected chi connectivity index (χ2v) is 6.82. The van der Waals surface area contributed by atoms with Crippen molar-refractivity contribution in [1.82, 2.24) is 4.72 Å². The van der Waals surface area contributed by atoms with Gasteiger partial charge in [-0.3, -0.25) is 0 Å². The van der Waals surface area contributed by atoms with Gasteiger partial charge in [0.05, 0.1) is 16.6 Å². The van der Waals surface area contributed by atoms with E-state index in [0.29, 0.717) is 12.8 Å². The Balaban J connectivity index is 2.33. The molecule has 0 saturated heterocycles. The van der Waals surface area contributed by atoms with Crippen molar-refractivity contribution >= 4 is 21.7 Å². The van der Waals surface area contributed by atoms with E-state index in [1.54, 1.807) is 0 Å². The summed E-state index contributed by atoms with van der Waals surface area (Å²) in [5, 5.41) is 19.0. The predicted molar refractivity (Wildman–Crippen MR) is 76.4 cm³/mol. The molecule has 1 saturated carbocycles. The van der Waals surface area contributed by atoms with Crippen molar-refractivity contribution in [2.75, 3.05) is 5.73 Å². The average Bonchev–Trinajstić information content (AvgIpc) is 2.40. The first-order valence-corrected chi connectivity index (χ1v) is 8.13. The Morgan fingerprint density at radius 3 is 2.57 bits per heavy atom. The van der Waals surface area contributed by atoms with Gasteiger partial charge in [-0.25, -0.2) is 17.9 Å². The average molecular weight is 314 g/mol. The van der Waals surface area contributed by atoms with Gasteiger partial charge in [0.1, 0.15) is 0 Å². The van der Waals surface area contributed by atoms with E-state index in [-0.39, 0.29) is 16.1 Å². The summed E-state index contributed by atoms with van der Waals surface area (Å²) >= 11 is 0. The molecular formula is C13H18N2O5S. The van der Waals surface area contributed by atoms with Crippen molar-refractivity contribution in [2.45, 2.75) is 42.7 Å². The van der Waals surface area contributed by atoms with Gasteiger partial charge in [0, 0.05) is 11.7 Å². The summed E-state index contributed by atoms with van der Waals surface area (Å²) in [7, 11) is -4.03. The van der Waals surface area contributed by atoms with Gasteiger partial charge in [-0.15, -0.1) is 0 Å². The van der Waals surface area contributed by atoms with E-state index in [4.69, 9.17) is 10.8 Å². The summed E-state index contributed by atoms with van der Waals surface area (Å²) in [6, 6.07) is 3.01. The molecule has 0 amide bonds. The summed E-state index contributed by atoms with van der Waals surface area (Å²) in [4.78, 5) is 10.8. The van der Waals surface area contributed by atoms with E-state index in [9.17, 15) is 18.3 Å². The van der Waals surface area contributed by atoms with Crippen LogP contribution in [-0.4, -0.2) is 36.7 Å². The number of nitrogens with two attached hydrogens (primary N) is 1. The molecule has 1 aliphatic carbocycles. The minimum Gasteiger partial charge on any atom is -0.478 e. The van der Waals surface area contributed by atoms with Crippen LogP contribution in [0.25, 0.3) is 0 Å². The van der Waals surface area contributed by atoms with Crippen molar-refractivity contribution < 1.29 is 23.4 Å². The molecule has 116 valence electrons. The fourth-order valence-corrected chi connectivity index (χ4v) is 3.94. The van der Waals surface area contributed by atoms with Crippen molar-refractivity contribution in [2.24, 2.45) is 0 Å². The van der Waals surface area contributed by atoms with Gasteiger partial charge < -0.3 is 15.9 Å². The Bertz CT molecular complexity index is 644. The minimum absolute atomic E-state index is 0.170. The number of aliphatic hydroxyl groups is 1.